The minimum absolute atomic E-state index is 0.100. The summed E-state index contributed by atoms with van der Waals surface area (Å²) < 4.78 is 33.6. The molecule has 1 aliphatic carbocycles. The van der Waals surface area contributed by atoms with Crippen LogP contribution >= 0.6 is 11.6 Å². The molecule has 4 rings (SSSR count). The fraction of sp³-hybridized carbons (Fsp3) is 0.200. The van der Waals surface area contributed by atoms with E-state index < -0.39 is 11.6 Å². The van der Waals surface area contributed by atoms with Gasteiger partial charge in [-0.3, -0.25) is 0 Å². The summed E-state index contributed by atoms with van der Waals surface area (Å²) in [5.74, 6) is -0.0643. The highest BCUT2D eigenvalue weighted by molar-refractivity contribution is 6.29. The predicted octanol–water partition coefficient (Wildman–Crippen LogP) is 6.05. The maximum Gasteiger partial charge on any atom is 0.247 e. The third-order valence-electron chi connectivity index (χ3n) is 4.41. The van der Waals surface area contributed by atoms with Gasteiger partial charge in [0.1, 0.15) is 17.4 Å². The van der Waals surface area contributed by atoms with Crippen molar-refractivity contribution in [2.24, 2.45) is 0 Å². The molecule has 0 atom stereocenters. The minimum Gasteiger partial charge on any atom is -0.436 e. The molecule has 0 N–H and O–H groups in total. The zero-order valence-electron chi connectivity index (χ0n) is 14.0. The van der Waals surface area contributed by atoms with Crippen molar-refractivity contribution < 1.29 is 13.5 Å². The first kappa shape index (κ1) is 16.9. The number of benzene rings is 2. The Balaban J connectivity index is 1.81. The summed E-state index contributed by atoms with van der Waals surface area (Å²) in [6.07, 6.45) is 2.23. The van der Waals surface area contributed by atoms with Crippen molar-refractivity contribution in [2.75, 3.05) is 0 Å². The van der Waals surface area contributed by atoms with E-state index in [4.69, 9.17) is 16.3 Å². The summed E-state index contributed by atoms with van der Waals surface area (Å²) in [5, 5.41) is 7.93. The molecule has 0 unspecified atom stereocenters. The van der Waals surface area contributed by atoms with Crippen LogP contribution in [0.1, 0.15) is 29.9 Å². The average molecular weight is 373 g/mol. The highest BCUT2D eigenvalue weighted by Crippen LogP contribution is 2.47. The molecule has 1 aliphatic rings. The molecule has 0 radical (unpaired) electrons. The number of ether oxygens (including phenoxy) is 1. The second kappa shape index (κ2) is 6.65. The van der Waals surface area contributed by atoms with Gasteiger partial charge in [0.25, 0.3) is 0 Å². The van der Waals surface area contributed by atoms with Crippen molar-refractivity contribution in [3.8, 4) is 22.8 Å². The van der Waals surface area contributed by atoms with Crippen LogP contribution < -0.4 is 4.74 Å². The number of hydrogen-bond acceptors (Lipinski definition) is 3. The zero-order chi connectivity index (χ0) is 18.3. The van der Waals surface area contributed by atoms with Gasteiger partial charge in [-0.05, 0) is 55.0 Å². The van der Waals surface area contributed by atoms with Gasteiger partial charge in [0.2, 0.25) is 5.88 Å². The largest absolute Gasteiger partial charge is 0.436 e. The number of hydrogen-bond donors (Lipinski definition) is 0. The van der Waals surface area contributed by atoms with Crippen LogP contribution in [0.5, 0.6) is 11.6 Å². The molecule has 1 fully saturated rings. The molecular weight excluding hydrogens is 358 g/mol. The lowest BCUT2D eigenvalue weighted by Gasteiger charge is -2.15. The van der Waals surface area contributed by atoms with Crippen molar-refractivity contribution >= 4 is 11.6 Å². The van der Waals surface area contributed by atoms with Crippen molar-refractivity contribution in [3.05, 3.63) is 70.4 Å². The first-order chi connectivity index (χ1) is 12.5. The van der Waals surface area contributed by atoms with Crippen LogP contribution in [-0.4, -0.2) is 10.2 Å². The van der Waals surface area contributed by atoms with Gasteiger partial charge in [-0.25, -0.2) is 8.78 Å². The van der Waals surface area contributed by atoms with Gasteiger partial charge in [0.05, 0.1) is 5.56 Å². The lowest BCUT2D eigenvalue weighted by Crippen LogP contribution is -1.99. The van der Waals surface area contributed by atoms with Gasteiger partial charge in [0.15, 0.2) is 5.15 Å². The smallest absolute Gasteiger partial charge is 0.247 e. The van der Waals surface area contributed by atoms with Crippen molar-refractivity contribution in [1.82, 2.24) is 10.2 Å². The molecular formula is C20H15ClF2N2O. The normalized spacial score (nSPS) is 13.7. The van der Waals surface area contributed by atoms with Crippen LogP contribution in [0, 0.1) is 18.6 Å². The summed E-state index contributed by atoms with van der Waals surface area (Å²) in [6, 6.07) is 10.8. The average Bonchev–Trinajstić information content (AvgIpc) is 3.43. The standard InChI is InChI=1S/C20H15ClF2N2O/c1-11-3-2-4-14(12-5-6-12)19(11)26-20-16(10-18(21)24-25-20)15-8-7-13(22)9-17(15)23/h2-4,7-10,12H,5-6H2,1H3. The topological polar surface area (TPSA) is 35.0 Å². The Morgan fingerprint density at radius 1 is 1.04 bits per heavy atom. The van der Waals surface area contributed by atoms with E-state index in [1.54, 1.807) is 0 Å². The third kappa shape index (κ3) is 3.27. The van der Waals surface area contributed by atoms with Crippen LogP contribution in [0.2, 0.25) is 5.15 Å². The minimum atomic E-state index is -0.717. The van der Waals surface area contributed by atoms with Gasteiger partial charge in [-0.1, -0.05) is 29.8 Å². The first-order valence-corrected chi connectivity index (χ1v) is 8.66. The second-order valence-corrected chi connectivity index (χ2v) is 6.77. The van der Waals surface area contributed by atoms with Gasteiger partial charge in [-0.15, -0.1) is 10.2 Å². The monoisotopic (exact) mass is 372 g/mol. The molecule has 0 saturated heterocycles. The Bertz CT molecular complexity index is 990. The van der Waals surface area contributed by atoms with E-state index in [2.05, 4.69) is 10.2 Å². The number of rotatable bonds is 4. The van der Waals surface area contributed by atoms with E-state index in [-0.39, 0.29) is 16.6 Å². The Morgan fingerprint density at radius 3 is 2.58 bits per heavy atom. The highest BCUT2D eigenvalue weighted by Gasteiger charge is 2.28. The molecule has 3 aromatic rings. The van der Waals surface area contributed by atoms with Crippen LogP contribution in [0.3, 0.4) is 0 Å². The van der Waals surface area contributed by atoms with Crippen LogP contribution in [0.25, 0.3) is 11.1 Å². The maximum atomic E-state index is 14.3. The predicted molar refractivity (Wildman–Crippen MR) is 95.6 cm³/mol. The van der Waals surface area contributed by atoms with Gasteiger partial charge in [-0.2, -0.15) is 0 Å². The second-order valence-electron chi connectivity index (χ2n) is 6.38. The van der Waals surface area contributed by atoms with E-state index in [0.717, 1.165) is 30.0 Å². The molecule has 1 heterocycles. The third-order valence-corrected chi connectivity index (χ3v) is 4.59. The Hall–Kier alpha value is -2.53. The molecule has 0 aliphatic heterocycles. The van der Waals surface area contributed by atoms with E-state index in [1.165, 1.54) is 18.2 Å². The summed E-state index contributed by atoms with van der Waals surface area (Å²) in [6.45, 7) is 1.95. The van der Waals surface area contributed by atoms with E-state index in [0.29, 0.717) is 17.2 Å². The Morgan fingerprint density at radius 2 is 1.85 bits per heavy atom. The first-order valence-electron chi connectivity index (χ1n) is 8.29. The lowest BCUT2D eigenvalue weighted by molar-refractivity contribution is 0.448. The summed E-state index contributed by atoms with van der Waals surface area (Å²) in [4.78, 5) is 0. The van der Waals surface area contributed by atoms with E-state index >= 15 is 0 Å². The van der Waals surface area contributed by atoms with Crippen molar-refractivity contribution in [1.29, 1.82) is 0 Å². The summed E-state index contributed by atoms with van der Waals surface area (Å²) >= 11 is 5.95. The Kier molecular flexibility index (Phi) is 4.32. The molecule has 1 saturated carbocycles. The number of aryl methyl sites for hydroxylation is 1. The molecule has 0 spiro atoms. The molecule has 26 heavy (non-hydrogen) atoms. The quantitative estimate of drug-likeness (QED) is 0.559. The number of para-hydroxylation sites is 1. The van der Waals surface area contributed by atoms with Crippen molar-refractivity contribution in [3.63, 3.8) is 0 Å². The van der Waals surface area contributed by atoms with E-state index in [1.807, 2.05) is 25.1 Å². The molecule has 2 aromatic carbocycles. The van der Waals surface area contributed by atoms with Crippen LogP contribution in [-0.2, 0) is 0 Å². The fourth-order valence-corrected chi connectivity index (χ4v) is 3.11. The molecule has 6 heteroatoms. The SMILES string of the molecule is Cc1cccc(C2CC2)c1Oc1nnc(Cl)cc1-c1ccc(F)cc1F. The summed E-state index contributed by atoms with van der Waals surface area (Å²) in [7, 11) is 0. The molecule has 3 nitrogen and oxygen atoms in total. The van der Waals surface area contributed by atoms with Crippen molar-refractivity contribution in [2.45, 2.75) is 25.7 Å². The molecule has 0 bridgehead atoms. The van der Waals surface area contributed by atoms with E-state index in [9.17, 15) is 8.78 Å². The summed E-state index contributed by atoms with van der Waals surface area (Å²) in [5.41, 5.74) is 2.54. The van der Waals surface area contributed by atoms with Crippen LogP contribution in [0.4, 0.5) is 8.78 Å². The van der Waals surface area contributed by atoms with Gasteiger partial charge < -0.3 is 4.74 Å². The van der Waals surface area contributed by atoms with Gasteiger partial charge >= 0.3 is 0 Å². The Labute approximate surface area is 154 Å². The number of halogens is 3. The number of nitrogens with zero attached hydrogens (tertiary/aromatic N) is 2. The fourth-order valence-electron chi connectivity index (χ4n) is 2.96. The molecule has 132 valence electrons. The van der Waals surface area contributed by atoms with Gasteiger partial charge in [0, 0.05) is 11.6 Å². The highest BCUT2D eigenvalue weighted by atomic mass is 35.5. The zero-order valence-corrected chi connectivity index (χ0v) is 14.7. The molecule has 1 aromatic heterocycles. The van der Waals surface area contributed by atoms with Crippen LogP contribution in [0.15, 0.2) is 42.5 Å². The lowest BCUT2D eigenvalue weighted by atomic mass is 10.1. The molecule has 0 amide bonds. The maximum absolute atomic E-state index is 14.3. The number of aromatic nitrogens is 2.